The molecule has 8 heteroatoms. The van der Waals surface area contributed by atoms with E-state index in [2.05, 4.69) is 22.0 Å². The minimum atomic E-state index is -0.298. The largest absolute Gasteiger partial charge is 0.367 e. The molecule has 26 heavy (non-hydrogen) atoms. The second-order valence-electron chi connectivity index (χ2n) is 6.64. The van der Waals surface area contributed by atoms with E-state index in [1.165, 1.54) is 6.07 Å². The summed E-state index contributed by atoms with van der Waals surface area (Å²) in [5.41, 5.74) is 1.05. The van der Waals surface area contributed by atoms with Crippen LogP contribution in [0, 0.1) is 5.82 Å². The first kappa shape index (κ1) is 23.0. The second-order valence-corrected chi connectivity index (χ2v) is 6.64. The van der Waals surface area contributed by atoms with Crippen molar-refractivity contribution >= 4 is 36.4 Å². The molecule has 1 amide bonds. The topological polar surface area (TPSA) is 38.8 Å². The van der Waals surface area contributed by atoms with Crippen LogP contribution in [0.1, 0.15) is 24.2 Å². The zero-order valence-corrected chi connectivity index (χ0v) is 17.0. The van der Waals surface area contributed by atoms with Crippen LogP contribution in [0.2, 0.25) is 0 Å². The molecule has 2 fully saturated rings. The summed E-state index contributed by atoms with van der Waals surface area (Å²) in [6.45, 7) is 11.0. The summed E-state index contributed by atoms with van der Waals surface area (Å²) in [7, 11) is 0. The van der Waals surface area contributed by atoms with Crippen molar-refractivity contribution in [1.29, 1.82) is 0 Å². The van der Waals surface area contributed by atoms with E-state index in [1.807, 2.05) is 11.8 Å². The smallest absolute Gasteiger partial charge is 0.254 e. The maximum atomic E-state index is 14.6. The Bertz CT molecular complexity index is 597. The van der Waals surface area contributed by atoms with Crippen molar-refractivity contribution in [1.82, 2.24) is 15.1 Å². The fourth-order valence-corrected chi connectivity index (χ4v) is 3.51. The lowest BCUT2D eigenvalue weighted by molar-refractivity contribution is 0.0655. The SMILES string of the molecule is CCN1CCN(c2ccc(C(=O)N3CCNC[C@H]3C)cc2F)CC1.Cl.Cl. The van der Waals surface area contributed by atoms with Gasteiger partial charge in [0.05, 0.1) is 5.69 Å². The number of likely N-dealkylation sites (N-methyl/N-ethyl adjacent to an activating group) is 1. The summed E-state index contributed by atoms with van der Waals surface area (Å²) in [5.74, 6) is -0.376. The van der Waals surface area contributed by atoms with Crippen LogP contribution in [0.4, 0.5) is 10.1 Å². The quantitative estimate of drug-likeness (QED) is 0.835. The van der Waals surface area contributed by atoms with Crippen LogP contribution < -0.4 is 10.2 Å². The minimum absolute atomic E-state index is 0. The van der Waals surface area contributed by atoms with Gasteiger partial charge in [0.1, 0.15) is 5.82 Å². The summed E-state index contributed by atoms with van der Waals surface area (Å²) in [6.07, 6.45) is 0. The number of carbonyl (C=O) groups excluding carboxylic acids is 1. The number of nitrogens with zero attached hydrogens (tertiary/aromatic N) is 3. The van der Waals surface area contributed by atoms with Gasteiger partial charge in [-0.3, -0.25) is 4.79 Å². The van der Waals surface area contributed by atoms with E-state index in [1.54, 1.807) is 12.1 Å². The third-order valence-corrected chi connectivity index (χ3v) is 5.12. The third-order valence-electron chi connectivity index (χ3n) is 5.12. The summed E-state index contributed by atoms with van der Waals surface area (Å²) in [6, 6.07) is 5.06. The Kier molecular flexibility index (Phi) is 9.10. The van der Waals surface area contributed by atoms with Gasteiger partial charge in [-0.2, -0.15) is 0 Å². The van der Waals surface area contributed by atoms with Gasteiger partial charge >= 0.3 is 0 Å². The molecule has 1 aromatic rings. The number of anilines is 1. The molecule has 148 valence electrons. The van der Waals surface area contributed by atoms with Gasteiger partial charge < -0.3 is 20.0 Å². The molecule has 0 spiro atoms. The van der Waals surface area contributed by atoms with Crippen LogP contribution in [0.25, 0.3) is 0 Å². The van der Waals surface area contributed by atoms with E-state index in [-0.39, 0.29) is 42.6 Å². The predicted octanol–water partition coefficient (Wildman–Crippen LogP) is 2.25. The zero-order valence-electron chi connectivity index (χ0n) is 15.4. The number of hydrogen-bond acceptors (Lipinski definition) is 4. The van der Waals surface area contributed by atoms with Gasteiger partial charge in [0.2, 0.25) is 0 Å². The molecule has 2 aliphatic rings. The van der Waals surface area contributed by atoms with Crippen molar-refractivity contribution in [2.24, 2.45) is 0 Å². The first-order valence-electron chi connectivity index (χ1n) is 8.88. The van der Waals surface area contributed by atoms with E-state index < -0.39 is 0 Å². The molecule has 1 aromatic carbocycles. The average Bonchev–Trinajstić information content (AvgIpc) is 2.61. The highest BCUT2D eigenvalue weighted by molar-refractivity contribution is 5.95. The Morgan fingerprint density at radius 1 is 1.19 bits per heavy atom. The number of hydrogen-bond donors (Lipinski definition) is 1. The average molecular weight is 407 g/mol. The molecule has 1 atom stereocenters. The highest BCUT2D eigenvalue weighted by Crippen LogP contribution is 2.23. The number of piperazine rings is 2. The van der Waals surface area contributed by atoms with Crippen LogP contribution in [-0.2, 0) is 0 Å². The number of rotatable bonds is 3. The van der Waals surface area contributed by atoms with Gasteiger partial charge in [0.25, 0.3) is 5.91 Å². The van der Waals surface area contributed by atoms with Crippen molar-refractivity contribution in [3.63, 3.8) is 0 Å². The highest BCUT2D eigenvalue weighted by Gasteiger charge is 2.25. The monoisotopic (exact) mass is 406 g/mol. The van der Waals surface area contributed by atoms with Crippen LogP contribution in [0.3, 0.4) is 0 Å². The van der Waals surface area contributed by atoms with Crippen molar-refractivity contribution in [2.75, 3.05) is 57.3 Å². The number of halogens is 3. The lowest BCUT2D eigenvalue weighted by Gasteiger charge is -2.36. The summed E-state index contributed by atoms with van der Waals surface area (Å²) in [5, 5.41) is 3.26. The first-order valence-corrected chi connectivity index (χ1v) is 8.88. The zero-order chi connectivity index (χ0) is 17.1. The maximum absolute atomic E-state index is 14.6. The van der Waals surface area contributed by atoms with E-state index in [0.29, 0.717) is 17.8 Å². The Labute approximate surface area is 167 Å². The van der Waals surface area contributed by atoms with Crippen molar-refractivity contribution in [3.8, 4) is 0 Å². The van der Waals surface area contributed by atoms with Crippen molar-refractivity contribution in [3.05, 3.63) is 29.6 Å². The Morgan fingerprint density at radius 2 is 1.88 bits per heavy atom. The number of nitrogens with one attached hydrogen (secondary N) is 1. The number of amides is 1. The normalized spacial score (nSPS) is 21.0. The molecule has 5 nitrogen and oxygen atoms in total. The Balaban J connectivity index is 0.00000169. The lowest BCUT2D eigenvalue weighted by atomic mass is 10.1. The van der Waals surface area contributed by atoms with Crippen LogP contribution in [0.15, 0.2) is 18.2 Å². The molecule has 0 bridgehead atoms. The van der Waals surface area contributed by atoms with Crippen molar-refractivity contribution < 1.29 is 9.18 Å². The van der Waals surface area contributed by atoms with Gasteiger partial charge in [-0.15, -0.1) is 24.8 Å². The van der Waals surface area contributed by atoms with Crippen LogP contribution in [0.5, 0.6) is 0 Å². The van der Waals surface area contributed by atoms with E-state index in [4.69, 9.17) is 0 Å². The summed E-state index contributed by atoms with van der Waals surface area (Å²) >= 11 is 0. The molecule has 1 N–H and O–H groups in total. The molecule has 0 aliphatic carbocycles. The Morgan fingerprint density at radius 3 is 2.46 bits per heavy atom. The van der Waals surface area contributed by atoms with Gasteiger partial charge in [-0.25, -0.2) is 4.39 Å². The Hall–Kier alpha value is -1.08. The maximum Gasteiger partial charge on any atom is 0.254 e. The predicted molar refractivity (Wildman–Crippen MR) is 109 cm³/mol. The van der Waals surface area contributed by atoms with Crippen LogP contribution >= 0.6 is 24.8 Å². The molecule has 0 saturated carbocycles. The van der Waals surface area contributed by atoms with Gasteiger partial charge in [-0.1, -0.05) is 6.92 Å². The summed E-state index contributed by atoms with van der Waals surface area (Å²) < 4.78 is 14.6. The van der Waals surface area contributed by atoms with Crippen molar-refractivity contribution in [2.45, 2.75) is 19.9 Å². The van der Waals surface area contributed by atoms with E-state index >= 15 is 0 Å². The molecule has 2 saturated heterocycles. The van der Waals surface area contributed by atoms with E-state index in [0.717, 1.165) is 45.8 Å². The van der Waals surface area contributed by atoms with Gasteiger partial charge in [0, 0.05) is 57.4 Å². The fourth-order valence-electron chi connectivity index (χ4n) is 3.51. The first-order chi connectivity index (χ1) is 11.6. The minimum Gasteiger partial charge on any atom is -0.367 e. The second kappa shape index (κ2) is 10.3. The lowest BCUT2D eigenvalue weighted by Crippen LogP contribution is -2.52. The molecule has 2 heterocycles. The van der Waals surface area contributed by atoms with E-state index in [9.17, 15) is 9.18 Å². The summed E-state index contributed by atoms with van der Waals surface area (Å²) in [4.78, 5) is 18.9. The molecule has 0 aromatic heterocycles. The molecule has 0 radical (unpaired) electrons. The number of benzene rings is 1. The van der Waals surface area contributed by atoms with Gasteiger partial charge in [-0.05, 0) is 31.7 Å². The molecule has 0 unspecified atom stereocenters. The highest BCUT2D eigenvalue weighted by atomic mass is 35.5. The molecular weight excluding hydrogens is 378 g/mol. The fraction of sp³-hybridized carbons (Fsp3) is 0.611. The van der Waals surface area contributed by atoms with Gasteiger partial charge in [0.15, 0.2) is 0 Å². The number of carbonyl (C=O) groups is 1. The molecule has 3 rings (SSSR count). The molecular formula is C18H29Cl2FN4O. The van der Waals surface area contributed by atoms with Crippen LogP contribution in [-0.4, -0.2) is 74.1 Å². The molecule has 2 aliphatic heterocycles. The standard InChI is InChI=1S/C18H27FN4O.2ClH/c1-3-21-8-10-22(11-9-21)17-5-4-15(12-16(17)19)18(24)23-7-6-20-13-14(23)2;;/h4-5,12,14,20H,3,6-11,13H2,1-2H3;2*1H/t14-;;/m1../s1. The third kappa shape index (κ3) is 5.00.